The summed E-state index contributed by atoms with van der Waals surface area (Å²) in [5, 5.41) is 2.95. The molecule has 1 aliphatic rings. The maximum absolute atomic E-state index is 12.5. The molecule has 1 aliphatic heterocycles. The van der Waals surface area contributed by atoms with E-state index in [1.54, 1.807) is 7.11 Å². The zero-order valence-electron chi connectivity index (χ0n) is 15.1. The van der Waals surface area contributed by atoms with Crippen LogP contribution in [0, 0.1) is 13.8 Å². The summed E-state index contributed by atoms with van der Waals surface area (Å²) in [6, 6.07) is 13.9. The third-order valence-electron chi connectivity index (χ3n) is 4.61. The van der Waals surface area contributed by atoms with Crippen molar-refractivity contribution in [2.45, 2.75) is 13.8 Å². The number of nitrogens with zero attached hydrogens (tertiary/aromatic N) is 2. The third-order valence-corrected chi connectivity index (χ3v) is 4.61. The van der Waals surface area contributed by atoms with Crippen molar-refractivity contribution >= 4 is 17.4 Å². The molecule has 1 heterocycles. The van der Waals surface area contributed by atoms with Crippen LogP contribution in [0.25, 0.3) is 0 Å². The maximum Gasteiger partial charge on any atom is 0.321 e. The zero-order valence-corrected chi connectivity index (χ0v) is 15.1. The van der Waals surface area contributed by atoms with E-state index >= 15 is 0 Å². The van der Waals surface area contributed by atoms with E-state index in [1.165, 1.54) is 16.8 Å². The Morgan fingerprint density at radius 3 is 2.32 bits per heavy atom. The number of carbonyl (C=O) groups is 1. The van der Waals surface area contributed by atoms with Crippen LogP contribution in [0.2, 0.25) is 0 Å². The molecule has 0 saturated carbocycles. The van der Waals surface area contributed by atoms with Crippen LogP contribution in [-0.2, 0) is 0 Å². The van der Waals surface area contributed by atoms with Gasteiger partial charge in [-0.15, -0.1) is 0 Å². The molecule has 2 amide bonds. The molecule has 1 saturated heterocycles. The van der Waals surface area contributed by atoms with E-state index in [0.29, 0.717) is 0 Å². The molecule has 0 aliphatic carbocycles. The second-order valence-corrected chi connectivity index (χ2v) is 6.42. The number of amides is 2. The molecule has 25 heavy (non-hydrogen) atoms. The first-order valence-electron chi connectivity index (χ1n) is 8.59. The number of rotatable bonds is 3. The Hall–Kier alpha value is -2.69. The first-order valence-corrected chi connectivity index (χ1v) is 8.59. The quantitative estimate of drug-likeness (QED) is 0.928. The summed E-state index contributed by atoms with van der Waals surface area (Å²) in [6.07, 6.45) is 0. The number of anilines is 2. The number of ether oxygens (including phenoxy) is 1. The van der Waals surface area contributed by atoms with E-state index < -0.39 is 0 Å². The summed E-state index contributed by atoms with van der Waals surface area (Å²) in [7, 11) is 1.63. The van der Waals surface area contributed by atoms with Gasteiger partial charge in [0.05, 0.1) is 7.11 Å². The molecule has 1 N–H and O–H groups in total. The summed E-state index contributed by atoms with van der Waals surface area (Å²) >= 11 is 0. The maximum atomic E-state index is 12.5. The SMILES string of the molecule is COc1ccc(NC(=O)N2CCN(c3cc(C)ccc3C)CC2)cc1. The molecule has 3 rings (SSSR count). The van der Waals surface area contributed by atoms with Gasteiger partial charge in [-0.2, -0.15) is 0 Å². The van der Waals surface area contributed by atoms with Gasteiger partial charge in [0.15, 0.2) is 0 Å². The summed E-state index contributed by atoms with van der Waals surface area (Å²) in [4.78, 5) is 16.7. The monoisotopic (exact) mass is 339 g/mol. The number of hydrogen-bond acceptors (Lipinski definition) is 3. The molecule has 132 valence electrons. The van der Waals surface area contributed by atoms with Crippen molar-refractivity contribution < 1.29 is 9.53 Å². The molecular weight excluding hydrogens is 314 g/mol. The van der Waals surface area contributed by atoms with Crippen molar-refractivity contribution in [1.29, 1.82) is 0 Å². The van der Waals surface area contributed by atoms with Gasteiger partial charge in [-0.25, -0.2) is 4.79 Å². The number of urea groups is 1. The average molecular weight is 339 g/mol. The van der Waals surface area contributed by atoms with Crippen molar-refractivity contribution in [3.63, 3.8) is 0 Å². The smallest absolute Gasteiger partial charge is 0.321 e. The van der Waals surface area contributed by atoms with Crippen molar-refractivity contribution in [3.05, 3.63) is 53.6 Å². The van der Waals surface area contributed by atoms with Crippen LogP contribution in [0.3, 0.4) is 0 Å². The van der Waals surface area contributed by atoms with Crippen LogP contribution in [0.4, 0.5) is 16.2 Å². The van der Waals surface area contributed by atoms with Gasteiger partial charge in [0.1, 0.15) is 5.75 Å². The fourth-order valence-electron chi connectivity index (χ4n) is 3.09. The topological polar surface area (TPSA) is 44.8 Å². The minimum Gasteiger partial charge on any atom is -0.497 e. The molecule has 1 fully saturated rings. The number of nitrogens with one attached hydrogen (secondary N) is 1. The van der Waals surface area contributed by atoms with Crippen molar-refractivity contribution in [3.8, 4) is 5.75 Å². The largest absolute Gasteiger partial charge is 0.497 e. The fraction of sp³-hybridized carbons (Fsp3) is 0.350. The molecule has 0 bridgehead atoms. The normalized spacial score (nSPS) is 14.4. The predicted molar refractivity (Wildman–Crippen MR) is 102 cm³/mol. The summed E-state index contributed by atoms with van der Waals surface area (Å²) in [5.74, 6) is 0.778. The first-order chi connectivity index (χ1) is 12.1. The van der Waals surface area contributed by atoms with Gasteiger partial charge < -0.3 is 19.9 Å². The van der Waals surface area contributed by atoms with Crippen molar-refractivity contribution in [2.24, 2.45) is 0 Å². The molecule has 0 atom stereocenters. The van der Waals surface area contributed by atoms with Gasteiger partial charge >= 0.3 is 6.03 Å². The standard InChI is InChI=1S/C20H25N3O2/c1-15-4-5-16(2)19(14-15)22-10-12-23(13-11-22)20(24)21-17-6-8-18(25-3)9-7-17/h4-9,14H,10-13H2,1-3H3,(H,21,24). The molecule has 0 radical (unpaired) electrons. The van der Waals surface area contributed by atoms with Crippen LogP contribution < -0.4 is 15.0 Å². The Bertz CT molecular complexity index is 735. The molecular formula is C20H25N3O2. The highest BCUT2D eigenvalue weighted by Gasteiger charge is 2.22. The summed E-state index contributed by atoms with van der Waals surface area (Å²) in [6.45, 7) is 7.38. The van der Waals surface area contributed by atoms with Gasteiger partial charge in [-0.3, -0.25) is 0 Å². The van der Waals surface area contributed by atoms with Gasteiger partial charge in [0, 0.05) is 37.6 Å². The van der Waals surface area contributed by atoms with E-state index in [2.05, 4.69) is 42.3 Å². The second-order valence-electron chi connectivity index (χ2n) is 6.42. The molecule has 5 heteroatoms. The van der Waals surface area contributed by atoms with E-state index in [1.807, 2.05) is 29.2 Å². The van der Waals surface area contributed by atoms with E-state index in [9.17, 15) is 4.79 Å². The number of hydrogen-bond donors (Lipinski definition) is 1. The number of benzene rings is 2. The lowest BCUT2D eigenvalue weighted by Crippen LogP contribution is -2.50. The molecule has 2 aromatic rings. The summed E-state index contributed by atoms with van der Waals surface area (Å²) in [5.41, 5.74) is 4.60. The minimum atomic E-state index is -0.0502. The Morgan fingerprint density at radius 2 is 1.68 bits per heavy atom. The molecule has 0 spiro atoms. The Labute approximate surface area is 149 Å². The molecule has 2 aromatic carbocycles. The molecule has 0 unspecified atom stereocenters. The molecule has 5 nitrogen and oxygen atoms in total. The van der Waals surface area contributed by atoms with Crippen molar-refractivity contribution in [1.82, 2.24) is 4.90 Å². The lowest BCUT2D eigenvalue weighted by atomic mass is 10.1. The highest BCUT2D eigenvalue weighted by Crippen LogP contribution is 2.23. The van der Waals surface area contributed by atoms with E-state index in [4.69, 9.17) is 4.74 Å². The van der Waals surface area contributed by atoms with Gasteiger partial charge in [-0.05, 0) is 55.3 Å². The summed E-state index contributed by atoms with van der Waals surface area (Å²) < 4.78 is 5.13. The highest BCUT2D eigenvalue weighted by atomic mass is 16.5. The first kappa shape index (κ1) is 17.1. The Kier molecular flexibility index (Phi) is 5.12. The van der Waals surface area contributed by atoms with Gasteiger partial charge in [-0.1, -0.05) is 12.1 Å². The Balaban J connectivity index is 1.57. The minimum absolute atomic E-state index is 0.0502. The third kappa shape index (κ3) is 4.05. The van der Waals surface area contributed by atoms with Crippen LogP contribution >= 0.6 is 0 Å². The van der Waals surface area contributed by atoms with Crippen LogP contribution in [0.1, 0.15) is 11.1 Å². The Morgan fingerprint density at radius 1 is 1.00 bits per heavy atom. The number of piperazine rings is 1. The van der Waals surface area contributed by atoms with E-state index in [-0.39, 0.29) is 6.03 Å². The fourth-order valence-corrected chi connectivity index (χ4v) is 3.09. The lowest BCUT2D eigenvalue weighted by Gasteiger charge is -2.36. The number of methoxy groups -OCH3 is 1. The van der Waals surface area contributed by atoms with Crippen LogP contribution in [-0.4, -0.2) is 44.2 Å². The van der Waals surface area contributed by atoms with Crippen LogP contribution in [0.15, 0.2) is 42.5 Å². The second kappa shape index (κ2) is 7.47. The zero-order chi connectivity index (χ0) is 17.8. The lowest BCUT2D eigenvalue weighted by molar-refractivity contribution is 0.208. The highest BCUT2D eigenvalue weighted by molar-refractivity contribution is 5.89. The number of carbonyl (C=O) groups excluding carboxylic acids is 1. The average Bonchev–Trinajstić information content (AvgIpc) is 2.64. The van der Waals surface area contributed by atoms with Crippen molar-refractivity contribution in [2.75, 3.05) is 43.5 Å². The van der Waals surface area contributed by atoms with Gasteiger partial charge in [0.2, 0.25) is 0 Å². The van der Waals surface area contributed by atoms with Gasteiger partial charge in [0.25, 0.3) is 0 Å². The molecule has 0 aromatic heterocycles. The predicted octanol–water partition coefficient (Wildman–Crippen LogP) is 3.67. The van der Waals surface area contributed by atoms with Crippen LogP contribution in [0.5, 0.6) is 5.75 Å². The van der Waals surface area contributed by atoms with E-state index in [0.717, 1.165) is 37.6 Å². The number of aryl methyl sites for hydroxylation is 2.